The first-order chi connectivity index (χ1) is 9.61. The second-order valence-corrected chi connectivity index (χ2v) is 4.35. The van der Waals surface area contributed by atoms with Gasteiger partial charge in [0.1, 0.15) is 0 Å². The van der Waals surface area contributed by atoms with Crippen LogP contribution in [0.1, 0.15) is 18.9 Å². The molecule has 2 aromatic rings. The molecule has 1 aromatic heterocycles. The number of ether oxygens (including phenoxy) is 1. The zero-order valence-corrected chi connectivity index (χ0v) is 11.5. The number of esters is 1. The van der Waals surface area contributed by atoms with Crippen LogP contribution in [0, 0.1) is 0 Å². The third-order valence-electron chi connectivity index (χ3n) is 2.84. The van der Waals surface area contributed by atoms with Crippen molar-refractivity contribution in [3.05, 3.63) is 46.5 Å². The van der Waals surface area contributed by atoms with Crippen molar-refractivity contribution in [1.82, 2.24) is 9.55 Å². The van der Waals surface area contributed by atoms with Crippen LogP contribution in [-0.2, 0) is 16.6 Å². The van der Waals surface area contributed by atoms with E-state index in [1.54, 1.807) is 38.3 Å². The van der Waals surface area contributed by atoms with Gasteiger partial charge in [0.2, 0.25) is 0 Å². The predicted molar refractivity (Wildman–Crippen MR) is 77.3 cm³/mol. The standard InChI is InChI=1S/C15H16N2O3/c1-3-20-14(18)6-4-5-11-7-8-13-12(9-11)15(19)17(2)10-16-13/h4-5,7-10H,3,6H2,1-2H3. The van der Waals surface area contributed by atoms with Crippen LogP contribution in [0.4, 0.5) is 0 Å². The number of carbonyl (C=O) groups excluding carboxylic acids is 1. The van der Waals surface area contributed by atoms with E-state index in [0.29, 0.717) is 17.5 Å². The van der Waals surface area contributed by atoms with Crippen molar-refractivity contribution in [2.45, 2.75) is 13.3 Å². The second-order valence-electron chi connectivity index (χ2n) is 4.35. The molecular weight excluding hydrogens is 256 g/mol. The van der Waals surface area contributed by atoms with Crippen molar-refractivity contribution in [3.8, 4) is 0 Å². The van der Waals surface area contributed by atoms with Gasteiger partial charge in [0.05, 0.1) is 30.3 Å². The van der Waals surface area contributed by atoms with Gasteiger partial charge in [-0.3, -0.25) is 9.59 Å². The van der Waals surface area contributed by atoms with Gasteiger partial charge in [-0.2, -0.15) is 0 Å². The highest BCUT2D eigenvalue weighted by Gasteiger charge is 2.02. The van der Waals surface area contributed by atoms with Crippen LogP contribution < -0.4 is 5.56 Å². The third kappa shape index (κ3) is 3.12. The maximum absolute atomic E-state index is 12.0. The first-order valence-electron chi connectivity index (χ1n) is 6.39. The highest BCUT2D eigenvalue weighted by atomic mass is 16.5. The second kappa shape index (κ2) is 6.14. The number of hydrogen-bond donors (Lipinski definition) is 0. The van der Waals surface area contributed by atoms with Gasteiger partial charge in [-0.15, -0.1) is 0 Å². The van der Waals surface area contributed by atoms with Gasteiger partial charge >= 0.3 is 5.97 Å². The minimum atomic E-state index is -0.262. The van der Waals surface area contributed by atoms with Crippen LogP contribution in [-0.4, -0.2) is 22.1 Å². The average molecular weight is 272 g/mol. The molecule has 0 unspecified atom stereocenters. The van der Waals surface area contributed by atoms with Gasteiger partial charge in [0, 0.05) is 7.05 Å². The molecule has 0 saturated heterocycles. The number of nitrogens with zero attached hydrogens (tertiary/aromatic N) is 2. The molecule has 2 rings (SSSR count). The van der Waals surface area contributed by atoms with E-state index >= 15 is 0 Å². The lowest BCUT2D eigenvalue weighted by Gasteiger charge is -2.01. The van der Waals surface area contributed by atoms with E-state index in [1.807, 2.05) is 6.07 Å². The summed E-state index contributed by atoms with van der Waals surface area (Å²) in [6, 6.07) is 5.42. The minimum Gasteiger partial charge on any atom is -0.466 e. The molecule has 0 saturated carbocycles. The molecule has 0 radical (unpaired) electrons. The summed E-state index contributed by atoms with van der Waals surface area (Å²) in [5.41, 5.74) is 1.43. The Morgan fingerprint density at radius 2 is 2.25 bits per heavy atom. The Labute approximate surface area is 116 Å². The minimum absolute atomic E-state index is 0.0874. The van der Waals surface area contributed by atoms with E-state index in [2.05, 4.69) is 4.98 Å². The molecule has 0 aliphatic heterocycles. The molecule has 0 aliphatic rings. The fourth-order valence-corrected chi connectivity index (χ4v) is 1.84. The Morgan fingerprint density at radius 1 is 1.45 bits per heavy atom. The molecule has 0 atom stereocenters. The molecule has 20 heavy (non-hydrogen) atoms. The van der Waals surface area contributed by atoms with E-state index in [4.69, 9.17) is 4.74 Å². The molecule has 5 heteroatoms. The van der Waals surface area contributed by atoms with Crippen molar-refractivity contribution in [1.29, 1.82) is 0 Å². The van der Waals surface area contributed by atoms with E-state index in [-0.39, 0.29) is 17.9 Å². The SMILES string of the molecule is CCOC(=O)CC=Cc1ccc2ncn(C)c(=O)c2c1. The average Bonchev–Trinajstić information content (AvgIpc) is 2.44. The number of benzene rings is 1. The lowest BCUT2D eigenvalue weighted by molar-refractivity contribution is -0.142. The van der Waals surface area contributed by atoms with Gasteiger partial charge < -0.3 is 9.30 Å². The topological polar surface area (TPSA) is 61.2 Å². The summed E-state index contributed by atoms with van der Waals surface area (Å²) in [7, 11) is 1.66. The monoisotopic (exact) mass is 272 g/mol. The molecule has 5 nitrogen and oxygen atoms in total. The molecule has 1 heterocycles. The van der Waals surface area contributed by atoms with Gasteiger partial charge in [-0.1, -0.05) is 18.2 Å². The molecule has 0 N–H and O–H groups in total. The summed E-state index contributed by atoms with van der Waals surface area (Å²) < 4.78 is 6.27. The quantitative estimate of drug-likeness (QED) is 0.797. The largest absolute Gasteiger partial charge is 0.466 e. The van der Waals surface area contributed by atoms with Gasteiger partial charge in [-0.05, 0) is 24.6 Å². The lowest BCUT2D eigenvalue weighted by Crippen LogP contribution is -2.16. The van der Waals surface area contributed by atoms with Crippen LogP contribution in [0.25, 0.3) is 17.0 Å². The van der Waals surface area contributed by atoms with Crippen molar-refractivity contribution < 1.29 is 9.53 Å². The summed E-state index contributed by atoms with van der Waals surface area (Å²) in [4.78, 5) is 27.4. The summed E-state index contributed by atoms with van der Waals surface area (Å²) in [5, 5.41) is 0.563. The molecule has 0 amide bonds. The highest BCUT2D eigenvalue weighted by molar-refractivity contribution is 5.80. The Kier molecular flexibility index (Phi) is 4.30. The first-order valence-corrected chi connectivity index (χ1v) is 6.39. The van der Waals surface area contributed by atoms with Crippen LogP contribution in [0.5, 0.6) is 0 Å². The van der Waals surface area contributed by atoms with Gasteiger partial charge in [0.15, 0.2) is 0 Å². The van der Waals surface area contributed by atoms with Crippen LogP contribution in [0.2, 0.25) is 0 Å². The van der Waals surface area contributed by atoms with E-state index in [9.17, 15) is 9.59 Å². The van der Waals surface area contributed by atoms with E-state index < -0.39 is 0 Å². The van der Waals surface area contributed by atoms with E-state index in [1.165, 1.54) is 10.9 Å². The van der Waals surface area contributed by atoms with Crippen LogP contribution in [0.15, 0.2) is 35.4 Å². The van der Waals surface area contributed by atoms with Gasteiger partial charge in [-0.25, -0.2) is 4.98 Å². The number of hydrogen-bond acceptors (Lipinski definition) is 4. The lowest BCUT2D eigenvalue weighted by atomic mass is 10.1. The number of fused-ring (bicyclic) bond motifs is 1. The molecule has 0 fully saturated rings. The van der Waals surface area contributed by atoms with Crippen LogP contribution in [0.3, 0.4) is 0 Å². The van der Waals surface area contributed by atoms with Gasteiger partial charge in [0.25, 0.3) is 5.56 Å². The normalized spacial score (nSPS) is 11.1. The Morgan fingerprint density at radius 3 is 3.00 bits per heavy atom. The summed E-state index contributed by atoms with van der Waals surface area (Å²) in [5.74, 6) is -0.262. The smallest absolute Gasteiger partial charge is 0.309 e. The van der Waals surface area contributed by atoms with Crippen molar-refractivity contribution in [2.24, 2.45) is 7.05 Å². The molecule has 0 spiro atoms. The molecule has 0 aliphatic carbocycles. The third-order valence-corrected chi connectivity index (χ3v) is 2.84. The maximum atomic E-state index is 12.0. The summed E-state index contributed by atoms with van der Waals surface area (Å²) in [6.07, 6.45) is 5.24. The highest BCUT2D eigenvalue weighted by Crippen LogP contribution is 2.11. The number of aromatic nitrogens is 2. The van der Waals surface area contributed by atoms with Crippen molar-refractivity contribution in [2.75, 3.05) is 6.61 Å². The van der Waals surface area contributed by atoms with Crippen LogP contribution >= 0.6 is 0 Å². The molecule has 0 bridgehead atoms. The van der Waals surface area contributed by atoms with Crippen molar-refractivity contribution in [3.63, 3.8) is 0 Å². The summed E-state index contributed by atoms with van der Waals surface area (Å²) >= 11 is 0. The zero-order valence-electron chi connectivity index (χ0n) is 11.5. The Hall–Kier alpha value is -2.43. The molecule has 104 valence electrons. The first kappa shape index (κ1) is 14.0. The number of carbonyl (C=O) groups is 1. The van der Waals surface area contributed by atoms with E-state index in [0.717, 1.165) is 5.56 Å². The Bertz CT molecular complexity index is 717. The maximum Gasteiger partial charge on any atom is 0.309 e. The molecular formula is C15H16N2O3. The predicted octanol–water partition coefficient (Wildman–Crippen LogP) is 1.90. The number of aryl methyl sites for hydroxylation is 1. The summed E-state index contributed by atoms with van der Waals surface area (Å²) in [6.45, 7) is 2.15. The fraction of sp³-hybridized carbons (Fsp3) is 0.267. The van der Waals surface area contributed by atoms with Crippen molar-refractivity contribution >= 4 is 22.9 Å². The fourth-order valence-electron chi connectivity index (χ4n) is 1.84. The Balaban J connectivity index is 2.24. The zero-order chi connectivity index (χ0) is 14.5. The number of rotatable bonds is 4. The molecule has 1 aromatic carbocycles.